The number of cyclic esters (lactones) is 1. The zero-order valence-electron chi connectivity index (χ0n) is 13.9. The molecule has 10 atom stereocenters. The van der Waals surface area contributed by atoms with Gasteiger partial charge in [-0.2, -0.15) is 0 Å². The second-order valence-corrected chi connectivity index (χ2v) is 7.65. The molecule has 3 rings (SSSR count). The van der Waals surface area contributed by atoms with Crippen LogP contribution in [0.25, 0.3) is 0 Å². The topological polar surface area (TPSA) is 169 Å². The summed E-state index contributed by atoms with van der Waals surface area (Å²) in [6.07, 6.45) is -11.4. The molecule has 26 heavy (non-hydrogen) atoms. The van der Waals surface area contributed by atoms with Crippen molar-refractivity contribution in [1.82, 2.24) is 4.90 Å². The monoisotopic (exact) mass is 397 g/mol. The average molecular weight is 397 g/mol. The Morgan fingerprint density at radius 3 is 2.35 bits per heavy atom. The number of piperidine rings is 1. The number of aliphatic hydroxyl groups excluding tert-OH is 6. The van der Waals surface area contributed by atoms with Crippen molar-refractivity contribution in [2.24, 2.45) is 0 Å². The van der Waals surface area contributed by atoms with Crippen molar-refractivity contribution in [3.63, 3.8) is 0 Å². The van der Waals surface area contributed by atoms with Crippen molar-refractivity contribution in [1.29, 1.82) is 0 Å². The highest BCUT2D eigenvalue weighted by Crippen LogP contribution is 2.36. The molecule has 0 unspecified atom stereocenters. The normalized spacial score (nSPS) is 49.0. The Balaban J connectivity index is 1.70. The Bertz CT molecular complexity index is 524. The van der Waals surface area contributed by atoms with Crippen LogP contribution in [0.1, 0.15) is 0 Å². The van der Waals surface area contributed by atoms with Crippen LogP contribution >= 0.6 is 11.8 Å². The molecule has 12 heteroatoms. The van der Waals surface area contributed by atoms with Gasteiger partial charge >= 0.3 is 6.09 Å². The van der Waals surface area contributed by atoms with Gasteiger partial charge in [-0.1, -0.05) is 0 Å². The highest BCUT2D eigenvalue weighted by atomic mass is 32.2. The van der Waals surface area contributed by atoms with E-state index in [9.17, 15) is 35.4 Å². The third kappa shape index (κ3) is 3.30. The summed E-state index contributed by atoms with van der Waals surface area (Å²) in [5.74, 6) is 0.00580. The Morgan fingerprint density at radius 1 is 1.04 bits per heavy atom. The van der Waals surface area contributed by atoms with Crippen LogP contribution < -0.4 is 0 Å². The number of carbonyl (C=O) groups excluding carboxylic acids is 1. The van der Waals surface area contributed by atoms with Crippen molar-refractivity contribution in [3.05, 3.63) is 0 Å². The number of methoxy groups -OCH3 is 1. The third-order valence-electron chi connectivity index (χ3n) is 4.94. The fraction of sp³-hybridized carbons (Fsp3) is 0.929. The van der Waals surface area contributed by atoms with Gasteiger partial charge in [-0.3, -0.25) is 4.90 Å². The highest BCUT2D eigenvalue weighted by Gasteiger charge is 2.54. The molecule has 1 amide bonds. The lowest BCUT2D eigenvalue weighted by Gasteiger charge is -2.45. The van der Waals surface area contributed by atoms with E-state index in [4.69, 9.17) is 14.2 Å². The number of hydrogen-bond acceptors (Lipinski definition) is 11. The minimum Gasteiger partial charge on any atom is -0.447 e. The molecule has 3 aliphatic rings. The lowest BCUT2D eigenvalue weighted by molar-refractivity contribution is -0.285. The summed E-state index contributed by atoms with van der Waals surface area (Å²) in [7, 11) is 1.27. The maximum absolute atomic E-state index is 11.9. The molecular formula is C14H23NO10S. The first kappa shape index (κ1) is 20.0. The van der Waals surface area contributed by atoms with Gasteiger partial charge in [0.2, 0.25) is 0 Å². The summed E-state index contributed by atoms with van der Waals surface area (Å²) in [6, 6.07) is -0.797. The maximum atomic E-state index is 11.9. The number of aliphatic hydroxyl groups is 6. The summed E-state index contributed by atoms with van der Waals surface area (Å²) in [5, 5.41) is 59.1. The fourth-order valence-electron chi connectivity index (χ4n) is 3.39. The molecule has 3 heterocycles. The number of rotatable bonds is 4. The molecule has 0 spiro atoms. The molecule has 3 aliphatic heterocycles. The van der Waals surface area contributed by atoms with E-state index in [1.807, 2.05) is 0 Å². The molecular weight excluding hydrogens is 374 g/mol. The average Bonchev–Trinajstić information content (AvgIpc) is 3.01. The van der Waals surface area contributed by atoms with Crippen molar-refractivity contribution >= 4 is 17.9 Å². The molecule has 0 aliphatic carbocycles. The first-order valence-corrected chi connectivity index (χ1v) is 9.16. The van der Waals surface area contributed by atoms with Crippen LogP contribution in [0.5, 0.6) is 0 Å². The Hall–Kier alpha value is -0.700. The summed E-state index contributed by atoms with van der Waals surface area (Å²) < 4.78 is 15.2. The van der Waals surface area contributed by atoms with Gasteiger partial charge in [0.15, 0.2) is 6.29 Å². The Labute approximate surface area is 153 Å². The Morgan fingerprint density at radius 2 is 1.69 bits per heavy atom. The van der Waals surface area contributed by atoms with Crippen LogP contribution in [-0.4, -0.2) is 122 Å². The van der Waals surface area contributed by atoms with Crippen molar-refractivity contribution in [2.45, 2.75) is 60.4 Å². The van der Waals surface area contributed by atoms with Gasteiger partial charge in [-0.15, -0.1) is 11.8 Å². The van der Waals surface area contributed by atoms with Crippen molar-refractivity contribution in [2.75, 3.05) is 19.5 Å². The van der Waals surface area contributed by atoms with Gasteiger partial charge < -0.3 is 44.8 Å². The van der Waals surface area contributed by atoms with Crippen LogP contribution in [0, 0.1) is 0 Å². The number of fused-ring (bicyclic) bond motifs is 1. The number of carbonyl (C=O) groups is 1. The predicted molar refractivity (Wildman–Crippen MR) is 84.9 cm³/mol. The van der Waals surface area contributed by atoms with Gasteiger partial charge in [-0.25, -0.2) is 4.79 Å². The number of ether oxygens (including phenoxy) is 3. The first-order valence-electron chi connectivity index (χ1n) is 8.11. The zero-order chi connectivity index (χ0) is 19.2. The summed E-state index contributed by atoms with van der Waals surface area (Å²) in [5.41, 5.74) is 0. The highest BCUT2D eigenvalue weighted by molar-refractivity contribution is 7.99. The minimum atomic E-state index is -1.49. The van der Waals surface area contributed by atoms with E-state index in [1.165, 1.54) is 7.11 Å². The summed E-state index contributed by atoms with van der Waals surface area (Å²) in [4.78, 5) is 13.1. The van der Waals surface area contributed by atoms with Crippen LogP contribution in [0.15, 0.2) is 0 Å². The van der Waals surface area contributed by atoms with Gasteiger partial charge in [0.1, 0.15) is 48.6 Å². The fourth-order valence-corrected chi connectivity index (χ4v) is 4.81. The van der Waals surface area contributed by atoms with Crippen molar-refractivity contribution < 1.29 is 49.6 Å². The quantitative estimate of drug-likeness (QED) is 0.277. The van der Waals surface area contributed by atoms with Crippen molar-refractivity contribution in [3.8, 4) is 0 Å². The van der Waals surface area contributed by atoms with Crippen LogP contribution in [0.3, 0.4) is 0 Å². The summed E-state index contributed by atoms with van der Waals surface area (Å²) >= 11 is 0.988. The molecule has 3 fully saturated rings. The largest absolute Gasteiger partial charge is 0.447 e. The SMILES string of the molecule is CO[C@H]1O[C@H](CS[C@@H]2[C@H](O)[C@@H](O)[C@H](O)[C@H]3COC(=O)N32)[C@@H](O)[C@H](O)[C@H]1O. The van der Waals surface area contributed by atoms with E-state index in [0.717, 1.165) is 16.7 Å². The number of amides is 1. The smallest absolute Gasteiger partial charge is 0.411 e. The van der Waals surface area contributed by atoms with Gasteiger partial charge in [0.05, 0.1) is 12.1 Å². The van der Waals surface area contributed by atoms with E-state index < -0.39 is 66.5 Å². The second kappa shape index (κ2) is 7.73. The van der Waals surface area contributed by atoms with E-state index in [1.54, 1.807) is 0 Å². The molecule has 3 saturated heterocycles. The molecule has 0 radical (unpaired) electrons. The molecule has 150 valence electrons. The Kier molecular flexibility index (Phi) is 5.96. The van der Waals surface area contributed by atoms with Gasteiger partial charge in [0.25, 0.3) is 0 Å². The molecule has 0 aromatic carbocycles. The van der Waals surface area contributed by atoms with E-state index >= 15 is 0 Å². The molecule has 0 saturated carbocycles. The number of hydrogen-bond donors (Lipinski definition) is 6. The molecule has 0 aromatic rings. The molecule has 0 aromatic heterocycles. The van der Waals surface area contributed by atoms with Gasteiger partial charge in [0, 0.05) is 12.9 Å². The van der Waals surface area contributed by atoms with Crippen LogP contribution in [0.2, 0.25) is 0 Å². The predicted octanol–water partition coefficient (Wildman–Crippen LogP) is -3.58. The standard InChI is InChI=1S/C14H23NO10S/c1-23-13-11(21)9(19)7(17)5(25-13)3-26-12-10(20)8(18)6(16)4-2-24-14(22)15(4)12/h4-13,16-21H,2-3H2,1H3/t4-,5-,6-,7-,8+,9+,10-,11-,12-,13+/m1/s1. The second-order valence-electron chi connectivity index (χ2n) is 6.50. The van der Waals surface area contributed by atoms with Gasteiger partial charge in [-0.05, 0) is 0 Å². The lowest BCUT2D eigenvalue weighted by Crippen LogP contribution is -2.65. The molecule has 0 bridgehead atoms. The number of nitrogens with zero attached hydrogens (tertiary/aromatic N) is 1. The third-order valence-corrected chi connectivity index (χ3v) is 6.31. The maximum Gasteiger partial charge on any atom is 0.411 e. The number of thioether (sulfide) groups is 1. The van der Waals surface area contributed by atoms with Crippen LogP contribution in [0.4, 0.5) is 4.79 Å². The lowest BCUT2D eigenvalue weighted by atomic mass is 9.95. The molecule has 11 nitrogen and oxygen atoms in total. The molecule has 6 N–H and O–H groups in total. The first-order chi connectivity index (χ1) is 12.3. The summed E-state index contributed by atoms with van der Waals surface area (Å²) in [6.45, 7) is -0.111. The minimum absolute atomic E-state index is 0.00580. The van der Waals surface area contributed by atoms with E-state index in [-0.39, 0.29) is 12.4 Å². The van der Waals surface area contributed by atoms with E-state index in [0.29, 0.717) is 0 Å². The van der Waals surface area contributed by atoms with Crippen LogP contribution in [-0.2, 0) is 14.2 Å². The zero-order valence-corrected chi connectivity index (χ0v) is 14.7. The van der Waals surface area contributed by atoms with E-state index in [2.05, 4.69) is 0 Å².